The van der Waals surface area contributed by atoms with E-state index in [9.17, 15) is 9.59 Å². The Balaban J connectivity index is 1.71. The highest BCUT2D eigenvalue weighted by Crippen LogP contribution is 2.33. The number of allylic oxidation sites excluding steroid dienone is 3. The van der Waals surface area contributed by atoms with Gasteiger partial charge in [-0.3, -0.25) is 9.59 Å². The third kappa shape index (κ3) is 5.33. The molecule has 2 amide bonds. The number of carbonyl (C=O) groups is 2. The van der Waals surface area contributed by atoms with Gasteiger partial charge in [-0.05, 0) is 43.7 Å². The van der Waals surface area contributed by atoms with Crippen LogP contribution in [0.2, 0.25) is 0 Å². The molecule has 0 saturated heterocycles. The van der Waals surface area contributed by atoms with E-state index in [-0.39, 0.29) is 11.8 Å². The van der Waals surface area contributed by atoms with E-state index in [1.165, 1.54) is 0 Å². The van der Waals surface area contributed by atoms with Gasteiger partial charge in [-0.15, -0.1) is 0 Å². The molecule has 1 aliphatic rings. The lowest BCUT2D eigenvalue weighted by Gasteiger charge is -2.29. The molecule has 5 nitrogen and oxygen atoms in total. The van der Waals surface area contributed by atoms with Crippen LogP contribution in [0.5, 0.6) is 0 Å². The van der Waals surface area contributed by atoms with Crippen molar-refractivity contribution in [3.05, 3.63) is 125 Å². The minimum absolute atomic E-state index is 0.253. The fraction of sp³-hybridized carbons (Fsp3) is 0.103. The SMILES string of the molecule is CC1=C(C(=O)Nc2ccccc2)C(C=Cc2ccccc2)C(C(=O)Nc2ccccc2)=C(C)N1. The molecule has 0 aliphatic carbocycles. The maximum Gasteiger partial charge on any atom is 0.254 e. The lowest BCUT2D eigenvalue weighted by Crippen LogP contribution is -2.35. The molecule has 0 unspecified atom stereocenters. The topological polar surface area (TPSA) is 70.2 Å². The average molecular weight is 450 g/mol. The number of dihydropyridines is 1. The number of rotatable bonds is 6. The van der Waals surface area contributed by atoms with E-state index in [1.807, 2.05) is 117 Å². The van der Waals surface area contributed by atoms with E-state index in [0.717, 1.165) is 5.56 Å². The van der Waals surface area contributed by atoms with Gasteiger partial charge < -0.3 is 16.0 Å². The van der Waals surface area contributed by atoms with Gasteiger partial charge in [-0.2, -0.15) is 0 Å². The second kappa shape index (κ2) is 10.5. The summed E-state index contributed by atoms with van der Waals surface area (Å²) < 4.78 is 0. The van der Waals surface area contributed by atoms with Crippen molar-refractivity contribution in [3.63, 3.8) is 0 Å². The van der Waals surface area contributed by atoms with E-state index in [0.29, 0.717) is 33.9 Å². The summed E-state index contributed by atoms with van der Waals surface area (Å²) in [5, 5.41) is 9.18. The number of nitrogens with one attached hydrogen (secondary N) is 3. The third-order valence-corrected chi connectivity index (χ3v) is 5.64. The maximum absolute atomic E-state index is 13.4. The molecular weight excluding hydrogens is 422 g/mol. The number of carbonyl (C=O) groups excluding carboxylic acids is 2. The van der Waals surface area contributed by atoms with Crippen molar-refractivity contribution >= 4 is 29.3 Å². The van der Waals surface area contributed by atoms with Crippen molar-refractivity contribution < 1.29 is 9.59 Å². The lowest BCUT2D eigenvalue weighted by molar-refractivity contribution is -0.113. The highest BCUT2D eigenvalue weighted by Gasteiger charge is 2.33. The van der Waals surface area contributed by atoms with Crippen LogP contribution in [-0.2, 0) is 9.59 Å². The molecule has 1 aliphatic heterocycles. The van der Waals surface area contributed by atoms with Crippen LogP contribution in [0.25, 0.3) is 6.08 Å². The van der Waals surface area contributed by atoms with Crippen molar-refractivity contribution in [2.45, 2.75) is 13.8 Å². The van der Waals surface area contributed by atoms with Gasteiger partial charge in [0.1, 0.15) is 0 Å². The zero-order valence-corrected chi connectivity index (χ0v) is 19.2. The Labute approximate surface area is 199 Å². The minimum atomic E-state index is -0.533. The van der Waals surface area contributed by atoms with Crippen molar-refractivity contribution in [1.29, 1.82) is 0 Å². The maximum atomic E-state index is 13.4. The van der Waals surface area contributed by atoms with E-state index in [1.54, 1.807) is 0 Å². The van der Waals surface area contributed by atoms with Crippen molar-refractivity contribution in [1.82, 2.24) is 5.32 Å². The molecule has 0 bridgehead atoms. The molecule has 0 spiro atoms. The number of hydrogen-bond donors (Lipinski definition) is 3. The normalized spacial score (nSPS) is 14.2. The third-order valence-electron chi connectivity index (χ3n) is 5.64. The van der Waals surface area contributed by atoms with Gasteiger partial charge in [0.2, 0.25) is 0 Å². The van der Waals surface area contributed by atoms with E-state index < -0.39 is 5.92 Å². The van der Waals surface area contributed by atoms with Crippen LogP contribution >= 0.6 is 0 Å². The van der Waals surface area contributed by atoms with Gasteiger partial charge in [0.15, 0.2) is 0 Å². The van der Waals surface area contributed by atoms with Gasteiger partial charge in [0, 0.05) is 39.8 Å². The Morgan fingerprint density at radius 1 is 0.676 bits per heavy atom. The average Bonchev–Trinajstić information content (AvgIpc) is 2.84. The molecule has 0 aromatic heterocycles. The molecule has 170 valence electrons. The second-order valence-electron chi connectivity index (χ2n) is 8.09. The monoisotopic (exact) mass is 449 g/mol. The Morgan fingerprint density at radius 3 is 1.53 bits per heavy atom. The van der Waals surface area contributed by atoms with Crippen LogP contribution in [0.15, 0.2) is 120 Å². The van der Waals surface area contributed by atoms with Gasteiger partial charge in [0.25, 0.3) is 11.8 Å². The predicted octanol–water partition coefficient (Wildman–Crippen LogP) is 5.74. The highest BCUT2D eigenvalue weighted by molar-refractivity contribution is 6.11. The van der Waals surface area contributed by atoms with Crippen LogP contribution in [0.1, 0.15) is 19.4 Å². The molecule has 4 rings (SSSR count). The molecular formula is C29H27N3O2. The first-order valence-electron chi connectivity index (χ1n) is 11.2. The summed E-state index contributed by atoms with van der Waals surface area (Å²) in [6.07, 6.45) is 3.87. The molecule has 0 radical (unpaired) electrons. The van der Waals surface area contributed by atoms with E-state index in [4.69, 9.17) is 0 Å². The summed E-state index contributed by atoms with van der Waals surface area (Å²) in [5.74, 6) is -1.04. The Kier molecular flexibility index (Phi) is 7.04. The summed E-state index contributed by atoms with van der Waals surface area (Å²) in [7, 11) is 0. The number of hydrogen-bond acceptors (Lipinski definition) is 3. The molecule has 0 atom stereocenters. The number of benzene rings is 3. The smallest absolute Gasteiger partial charge is 0.254 e. The van der Waals surface area contributed by atoms with Crippen molar-refractivity contribution in [2.75, 3.05) is 10.6 Å². The molecule has 3 N–H and O–H groups in total. The molecule has 3 aromatic carbocycles. The summed E-state index contributed by atoms with van der Waals surface area (Å²) in [4.78, 5) is 26.9. The molecule has 34 heavy (non-hydrogen) atoms. The van der Waals surface area contributed by atoms with Gasteiger partial charge in [0.05, 0.1) is 0 Å². The van der Waals surface area contributed by atoms with Crippen LogP contribution in [0, 0.1) is 5.92 Å². The number of amides is 2. The van der Waals surface area contributed by atoms with Crippen LogP contribution in [-0.4, -0.2) is 11.8 Å². The predicted molar refractivity (Wildman–Crippen MR) is 138 cm³/mol. The fourth-order valence-corrected chi connectivity index (χ4v) is 4.05. The minimum Gasteiger partial charge on any atom is -0.362 e. The Morgan fingerprint density at radius 2 is 1.09 bits per heavy atom. The number of anilines is 2. The first-order valence-corrected chi connectivity index (χ1v) is 11.2. The summed E-state index contributed by atoms with van der Waals surface area (Å²) in [5.41, 5.74) is 4.80. The first kappa shape index (κ1) is 22.8. The van der Waals surface area contributed by atoms with E-state index >= 15 is 0 Å². The lowest BCUT2D eigenvalue weighted by atomic mass is 9.83. The second-order valence-corrected chi connectivity index (χ2v) is 8.09. The summed E-state index contributed by atoms with van der Waals surface area (Å²) >= 11 is 0. The van der Waals surface area contributed by atoms with Gasteiger partial charge >= 0.3 is 0 Å². The number of para-hydroxylation sites is 2. The zero-order chi connectivity index (χ0) is 23.9. The summed E-state index contributed by atoms with van der Waals surface area (Å²) in [6, 6.07) is 28.4. The fourth-order valence-electron chi connectivity index (χ4n) is 4.05. The van der Waals surface area contributed by atoms with Crippen molar-refractivity contribution in [3.8, 4) is 0 Å². The first-order chi connectivity index (χ1) is 16.5. The van der Waals surface area contributed by atoms with E-state index in [2.05, 4.69) is 16.0 Å². The van der Waals surface area contributed by atoms with Crippen molar-refractivity contribution in [2.24, 2.45) is 5.92 Å². The molecule has 0 saturated carbocycles. The van der Waals surface area contributed by atoms with Crippen LogP contribution < -0.4 is 16.0 Å². The Bertz CT molecular complexity index is 1190. The molecule has 5 heteroatoms. The zero-order valence-electron chi connectivity index (χ0n) is 19.2. The quantitative estimate of drug-likeness (QED) is 0.449. The highest BCUT2D eigenvalue weighted by atomic mass is 16.2. The van der Waals surface area contributed by atoms with Gasteiger partial charge in [-0.25, -0.2) is 0 Å². The molecule has 1 heterocycles. The van der Waals surface area contributed by atoms with Crippen LogP contribution in [0.4, 0.5) is 11.4 Å². The molecule has 0 fully saturated rings. The standard InChI is InChI=1S/C29H27N3O2/c1-20-26(28(33)31-23-14-8-4-9-15-23)25(19-18-22-12-6-3-7-13-22)27(21(2)30-20)29(34)32-24-16-10-5-11-17-24/h3-19,25,30H,1-2H3,(H,31,33)(H,32,34). The summed E-state index contributed by atoms with van der Waals surface area (Å²) in [6.45, 7) is 3.72. The Hall–Kier alpha value is -4.38. The largest absolute Gasteiger partial charge is 0.362 e. The van der Waals surface area contributed by atoms with Gasteiger partial charge in [-0.1, -0.05) is 78.9 Å². The van der Waals surface area contributed by atoms with Crippen LogP contribution in [0.3, 0.4) is 0 Å². The molecule has 3 aromatic rings.